The number of anilines is 2. The molecular formula is C10H10N4O2S. The van der Waals surface area contributed by atoms with Gasteiger partial charge in [-0.05, 0) is 18.2 Å². The van der Waals surface area contributed by atoms with Gasteiger partial charge >= 0.3 is 0 Å². The second-order valence-corrected chi connectivity index (χ2v) is 4.91. The van der Waals surface area contributed by atoms with Gasteiger partial charge in [-0.2, -0.15) is 0 Å². The molecule has 0 amide bonds. The van der Waals surface area contributed by atoms with Gasteiger partial charge in [0.05, 0.1) is 17.6 Å². The van der Waals surface area contributed by atoms with Crippen LogP contribution in [0.3, 0.4) is 0 Å². The van der Waals surface area contributed by atoms with E-state index in [4.69, 9.17) is 5.73 Å². The van der Waals surface area contributed by atoms with Crippen LogP contribution in [0, 0.1) is 0 Å². The summed E-state index contributed by atoms with van der Waals surface area (Å²) in [6, 6.07) is 4.65. The van der Waals surface area contributed by atoms with Gasteiger partial charge in [0, 0.05) is 18.6 Å². The molecule has 17 heavy (non-hydrogen) atoms. The van der Waals surface area contributed by atoms with Crippen LogP contribution in [0.2, 0.25) is 0 Å². The maximum absolute atomic E-state index is 12.0. The fraction of sp³-hybridized carbons (Fsp3) is 0. The molecule has 3 N–H and O–H groups in total. The lowest BCUT2D eigenvalue weighted by atomic mass is 10.4. The summed E-state index contributed by atoms with van der Waals surface area (Å²) in [5, 5.41) is 0. The molecule has 6 nitrogen and oxygen atoms in total. The Morgan fingerprint density at radius 1 is 1.12 bits per heavy atom. The number of pyridine rings is 2. The Morgan fingerprint density at radius 3 is 2.53 bits per heavy atom. The van der Waals surface area contributed by atoms with Crippen molar-refractivity contribution in [2.75, 3.05) is 10.5 Å². The predicted molar refractivity (Wildman–Crippen MR) is 63.7 cm³/mol. The van der Waals surface area contributed by atoms with Gasteiger partial charge in [-0.1, -0.05) is 0 Å². The molecule has 0 radical (unpaired) electrons. The van der Waals surface area contributed by atoms with Crippen LogP contribution >= 0.6 is 0 Å². The summed E-state index contributed by atoms with van der Waals surface area (Å²) >= 11 is 0. The molecule has 2 aromatic rings. The van der Waals surface area contributed by atoms with Gasteiger partial charge in [-0.3, -0.25) is 14.7 Å². The van der Waals surface area contributed by atoms with E-state index in [9.17, 15) is 8.42 Å². The number of aromatic nitrogens is 2. The highest BCUT2D eigenvalue weighted by molar-refractivity contribution is 7.92. The lowest BCUT2D eigenvalue weighted by Gasteiger charge is -2.08. The maximum Gasteiger partial charge on any atom is 0.265 e. The fourth-order valence-corrected chi connectivity index (χ4v) is 2.37. The number of rotatable bonds is 3. The van der Waals surface area contributed by atoms with Crippen LogP contribution in [-0.2, 0) is 10.0 Å². The molecule has 0 bridgehead atoms. The molecule has 0 saturated heterocycles. The highest BCUT2D eigenvalue weighted by atomic mass is 32.2. The van der Waals surface area contributed by atoms with E-state index < -0.39 is 10.0 Å². The van der Waals surface area contributed by atoms with E-state index in [0.29, 0.717) is 5.69 Å². The first-order valence-corrected chi connectivity index (χ1v) is 6.20. The van der Waals surface area contributed by atoms with Gasteiger partial charge in [0.1, 0.15) is 4.90 Å². The molecule has 88 valence electrons. The third-order valence-electron chi connectivity index (χ3n) is 2.02. The monoisotopic (exact) mass is 250 g/mol. The first-order chi connectivity index (χ1) is 8.09. The Morgan fingerprint density at radius 2 is 1.88 bits per heavy atom. The molecule has 0 aromatic carbocycles. The Hall–Kier alpha value is -2.15. The third-order valence-corrected chi connectivity index (χ3v) is 3.44. The normalized spacial score (nSPS) is 11.1. The van der Waals surface area contributed by atoms with Gasteiger partial charge in [-0.15, -0.1) is 0 Å². The number of nitrogens with zero attached hydrogens (tertiary/aromatic N) is 2. The molecule has 0 aliphatic rings. The number of nitrogens with one attached hydrogen (secondary N) is 1. The third kappa shape index (κ3) is 2.51. The van der Waals surface area contributed by atoms with E-state index in [1.165, 1.54) is 24.7 Å². The van der Waals surface area contributed by atoms with Crippen molar-refractivity contribution >= 4 is 21.4 Å². The van der Waals surface area contributed by atoms with Crippen molar-refractivity contribution in [1.82, 2.24) is 9.97 Å². The Bertz CT molecular complexity index is 613. The minimum Gasteiger partial charge on any atom is -0.398 e. The molecule has 0 aliphatic heterocycles. The van der Waals surface area contributed by atoms with Gasteiger partial charge in [0.15, 0.2) is 0 Å². The lowest BCUT2D eigenvalue weighted by molar-refractivity contribution is 0.601. The summed E-state index contributed by atoms with van der Waals surface area (Å²) in [4.78, 5) is 7.50. The molecule has 0 spiro atoms. The van der Waals surface area contributed by atoms with Gasteiger partial charge in [0.25, 0.3) is 10.0 Å². The summed E-state index contributed by atoms with van der Waals surface area (Å²) in [5.41, 5.74) is 6.11. The summed E-state index contributed by atoms with van der Waals surface area (Å²) in [6.45, 7) is 0. The van der Waals surface area contributed by atoms with Crippen molar-refractivity contribution in [2.45, 2.75) is 4.90 Å². The second kappa shape index (κ2) is 4.38. The molecule has 2 heterocycles. The van der Waals surface area contributed by atoms with E-state index >= 15 is 0 Å². The average Bonchev–Trinajstić information content (AvgIpc) is 2.30. The summed E-state index contributed by atoms with van der Waals surface area (Å²) in [5.74, 6) is 0. The topological polar surface area (TPSA) is 98.0 Å². The molecule has 7 heteroatoms. The van der Waals surface area contributed by atoms with Crippen molar-refractivity contribution in [2.24, 2.45) is 0 Å². The zero-order valence-electron chi connectivity index (χ0n) is 8.74. The zero-order valence-corrected chi connectivity index (χ0v) is 9.55. The van der Waals surface area contributed by atoms with Crippen LogP contribution in [0.5, 0.6) is 0 Å². The van der Waals surface area contributed by atoms with Crippen LogP contribution in [0.25, 0.3) is 0 Å². The summed E-state index contributed by atoms with van der Waals surface area (Å²) in [7, 11) is -3.72. The Kier molecular flexibility index (Phi) is 2.92. The number of hydrogen-bond acceptors (Lipinski definition) is 5. The fourth-order valence-electron chi connectivity index (χ4n) is 1.25. The van der Waals surface area contributed by atoms with E-state index in [0.717, 1.165) is 0 Å². The van der Waals surface area contributed by atoms with Crippen molar-refractivity contribution < 1.29 is 8.42 Å². The molecule has 0 atom stereocenters. The van der Waals surface area contributed by atoms with E-state index in [-0.39, 0.29) is 10.6 Å². The molecule has 0 saturated carbocycles. The van der Waals surface area contributed by atoms with Crippen LogP contribution in [0.1, 0.15) is 0 Å². The molecule has 0 unspecified atom stereocenters. The summed E-state index contributed by atoms with van der Waals surface area (Å²) in [6.07, 6.45) is 5.59. The Labute approximate surface area is 98.6 Å². The van der Waals surface area contributed by atoms with Gasteiger partial charge < -0.3 is 5.73 Å². The standard InChI is InChI=1S/C10H10N4O2S/c11-9-3-5-13-7-10(9)17(15,16)14-8-2-1-4-12-6-8/h1-7,14H,(H2,11,13). The first kappa shape index (κ1) is 11.3. The zero-order chi connectivity index (χ0) is 12.3. The van der Waals surface area contributed by atoms with Crippen LogP contribution in [0.4, 0.5) is 11.4 Å². The summed E-state index contributed by atoms with van der Waals surface area (Å²) < 4.78 is 26.3. The minimum atomic E-state index is -3.72. The second-order valence-electron chi connectivity index (χ2n) is 3.26. The number of nitrogens with two attached hydrogens (primary N) is 1. The molecule has 2 aromatic heterocycles. The highest BCUT2D eigenvalue weighted by Gasteiger charge is 2.17. The smallest absolute Gasteiger partial charge is 0.265 e. The number of hydrogen-bond donors (Lipinski definition) is 2. The average molecular weight is 250 g/mol. The molecule has 2 rings (SSSR count). The maximum atomic E-state index is 12.0. The van der Waals surface area contributed by atoms with Crippen LogP contribution < -0.4 is 10.5 Å². The Balaban J connectivity index is 2.36. The molecular weight excluding hydrogens is 240 g/mol. The van der Waals surface area contributed by atoms with Gasteiger partial charge in [-0.25, -0.2) is 8.42 Å². The lowest BCUT2D eigenvalue weighted by Crippen LogP contribution is -2.15. The minimum absolute atomic E-state index is 0.0520. The number of nitrogen functional groups attached to an aromatic ring is 1. The highest BCUT2D eigenvalue weighted by Crippen LogP contribution is 2.19. The molecule has 0 fully saturated rings. The molecule has 0 aliphatic carbocycles. The quantitative estimate of drug-likeness (QED) is 0.841. The van der Waals surface area contributed by atoms with Crippen molar-refractivity contribution in [3.05, 3.63) is 43.0 Å². The van der Waals surface area contributed by atoms with Crippen molar-refractivity contribution in [3.8, 4) is 0 Å². The van der Waals surface area contributed by atoms with Crippen LogP contribution in [0.15, 0.2) is 47.9 Å². The SMILES string of the molecule is Nc1ccncc1S(=O)(=O)Nc1cccnc1. The number of sulfonamides is 1. The van der Waals surface area contributed by atoms with E-state index in [1.54, 1.807) is 18.3 Å². The van der Waals surface area contributed by atoms with Crippen molar-refractivity contribution in [1.29, 1.82) is 0 Å². The first-order valence-electron chi connectivity index (χ1n) is 4.72. The van der Waals surface area contributed by atoms with E-state index in [1.807, 2.05) is 0 Å². The van der Waals surface area contributed by atoms with Crippen molar-refractivity contribution in [3.63, 3.8) is 0 Å². The largest absolute Gasteiger partial charge is 0.398 e. The predicted octanol–water partition coefficient (Wildman–Crippen LogP) is 0.860. The van der Waals surface area contributed by atoms with E-state index in [2.05, 4.69) is 14.7 Å². The van der Waals surface area contributed by atoms with Crippen LogP contribution in [-0.4, -0.2) is 18.4 Å². The van der Waals surface area contributed by atoms with Gasteiger partial charge in [0.2, 0.25) is 0 Å².